The van der Waals surface area contributed by atoms with E-state index >= 15 is 0 Å². The first kappa shape index (κ1) is 14.3. The maximum Gasteiger partial charge on any atom is 0.0695 e. The van der Waals surface area contributed by atoms with Crippen LogP contribution in [0.15, 0.2) is 36.5 Å². The molecule has 2 aromatic rings. The summed E-state index contributed by atoms with van der Waals surface area (Å²) in [6.45, 7) is 0.908. The van der Waals surface area contributed by atoms with E-state index in [0.29, 0.717) is 6.04 Å². The molecule has 0 unspecified atom stereocenters. The van der Waals surface area contributed by atoms with E-state index in [0.717, 1.165) is 12.2 Å². The maximum absolute atomic E-state index is 4.23. The fourth-order valence-electron chi connectivity index (χ4n) is 3.21. The molecule has 1 fully saturated rings. The van der Waals surface area contributed by atoms with Gasteiger partial charge in [-0.05, 0) is 18.4 Å². The zero-order valence-corrected chi connectivity index (χ0v) is 12.6. The van der Waals surface area contributed by atoms with Gasteiger partial charge < -0.3 is 5.32 Å². The zero-order valence-electron chi connectivity index (χ0n) is 12.6. The second-order valence-corrected chi connectivity index (χ2v) is 6.06. The SMILES string of the molecule is c1ccc(-c2[nH]ncc2CNC2CCCCCCC2)cc1. The number of rotatable bonds is 4. The summed E-state index contributed by atoms with van der Waals surface area (Å²) in [4.78, 5) is 0. The lowest BCUT2D eigenvalue weighted by molar-refractivity contribution is 0.389. The minimum atomic E-state index is 0.670. The van der Waals surface area contributed by atoms with Crippen molar-refractivity contribution in [3.8, 4) is 11.3 Å². The van der Waals surface area contributed by atoms with Crippen LogP contribution in [0.3, 0.4) is 0 Å². The number of nitrogens with one attached hydrogen (secondary N) is 2. The van der Waals surface area contributed by atoms with Crippen LogP contribution in [0.2, 0.25) is 0 Å². The molecule has 0 saturated heterocycles. The van der Waals surface area contributed by atoms with E-state index in [-0.39, 0.29) is 0 Å². The van der Waals surface area contributed by atoms with Crippen molar-refractivity contribution in [2.45, 2.75) is 57.5 Å². The molecule has 3 heteroatoms. The van der Waals surface area contributed by atoms with Crippen molar-refractivity contribution in [2.75, 3.05) is 0 Å². The van der Waals surface area contributed by atoms with Gasteiger partial charge in [-0.25, -0.2) is 0 Å². The summed E-state index contributed by atoms with van der Waals surface area (Å²) in [5.41, 5.74) is 3.63. The minimum Gasteiger partial charge on any atom is -0.310 e. The third kappa shape index (κ3) is 3.94. The first-order valence-electron chi connectivity index (χ1n) is 8.24. The summed E-state index contributed by atoms with van der Waals surface area (Å²) in [5.74, 6) is 0. The normalized spacial score (nSPS) is 17.3. The van der Waals surface area contributed by atoms with Crippen LogP contribution < -0.4 is 5.32 Å². The number of aromatic amines is 1. The van der Waals surface area contributed by atoms with Crippen LogP contribution in [0.4, 0.5) is 0 Å². The van der Waals surface area contributed by atoms with E-state index in [2.05, 4.69) is 39.8 Å². The van der Waals surface area contributed by atoms with Gasteiger partial charge in [-0.1, -0.05) is 62.4 Å². The van der Waals surface area contributed by atoms with Crippen LogP contribution in [0.1, 0.15) is 50.5 Å². The van der Waals surface area contributed by atoms with E-state index in [1.54, 1.807) is 0 Å². The summed E-state index contributed by atoms with van der Waals surface area (Å²) in [5, 5.41) is 11.1. The number of hydrogen-bond donors (Lipinski definition) is 2. The van der Waals surface area contributed by atoms with Crippen LogP contribution in [0.25, 0.3) is 11.3 Å². The summed E-state index contributed by atoms with van der Waals surface area (Å²) in [6, 6.07) is 11.1. The summed E-state index contributed by atoms with van der Waals surface area (Å²) in [6.07, 6.45) is 11.6. The van der Waals surface area contributed by atoms with Crippen molar-refractivity contribution in [1.29, 1.82) is 0 Å². The lowest BCUT2D eigenvalue weighted by Crippen LogP contribution is -2.29. The molecule has 1 aromatic carbocycles. The summed E-state index contributed by atoms with van der Waals surface area (Å²) < 4.78 is 0. The van der Waals surface area contributed by atoms with Crippen molar-refractivity contribution in [3.63, 3.8) is 0 Å². The lowest BCUT2D eigenvalue weighted by Gasteiger charge is -2.21. The van der Waals surface area contributed by atoms with E-state index in [9.17, 15) is 0 Å². The van der Waals surface area contributed by atoms with Gasteiger partial charge >= 0.3 is 0 Å². The molecule has 112 valence electrons. The molecule has 2 N–H and O–H groups in total. The van der Waals surface area contributed by atoms with Crippen LogP contribution in [-0.2, 0) is 6.54 Å². The third-order valence-electron chi connectivity index (χ3n) is 4.47. The quantitative estimate of drug-likeness (QED) is 0.879. The van der Waals surface area contributed by atoms with E-state index in [4.69, 9.17) is 0 Å². The highest BCUT2D eigenvalue weighted by Gasteiger charge is 2.13. The van der Waals surface area contributed by atoms with Crippen molar-refractivity contribution < 1.29 is 0 Å². The number of H-pyrrole nitrogens is 1. The molecule has 21 heavy (non-hydrogen) atoms. The molecular formula is C18H25N3. The summed E-state index contributed by atoms with van der Waals surface area (Å²) in [7, 11) is 0. The number of aromatic nitrogens is 2. The van der Waals surface area contributed by atoms with Crippen LogP contribution in [0.5, 0.6) is 0 Å². The molecule has 1 aromatic heterocycles. The molecule has 3 nitrogen and oxygen atoms in total. The van der Waals surface area contributed by atoms with Crippen molar-refractivity contribution in [2.24, 2.45) is 0 Å². The first-order chi connectivity index (χ1) is 10.4. The molecule has 0 atom stereocenters. The predicted molar refractivity (Wildman–Crippen MR) is 87.0 cm³/mol. The molecule has 0 spiro atoms. The monoisotopic (exact) mass is 283 g/mol. The van der Waals surface area contributed by atoms with Crippen LogP contribution in [0, 0.1) is 0 Å². The van der Waals surface area contributed by atoms with E-state index in [1.807, 2.05) is 12.3 Å². The average molecular weight is 283 g/mol. The van der Waals surface area contributed by atoms with Crippen molar-refractivity contribution in [3.05, 3.63) is 42.1 Å². The average Bonchev–Trinajstić information content (AvgIpc) is 2.95. The number of hydrogen-bond acceptors (Lipinski definition) is 2. The molecule has 0 bridgehead atoms. The van der Waals surface area contributed by atoms with Crippen LogP contribution >= 0.6 is 0 Å². The molecule has 1 saturated carbocycles. The van der Waals surface area contributed by atoms with Gasteiger partial charge in [-0.15, -0.1) is 0 Å². The van der Waals surface area contributed by atoms with Gasteiger partial charge in [0.25, 0.3) is 0 Å². The highest BCUT2D eigenvalue weighted by Crippen LogP contribution is 2.22. The molecule has 0 amide bonds. The standard InChI is InChI=1S/C18H25N3/c1-2-7-11-17(12-8-3-1)19-13-16-14-20-21-18(16)15-9-5-4-6-10-15/h4-6,9-10,14,17,19H,1-3,7-8,11-13H2,(H,20,21). The highest BCUT2D eigenvalue weighted by atomic mass is 15.1. The molecular weight excluding hydrogens is 258 g/mol. The van der Waals surface area contributed by atoms with Gasteiger partial charge in [0, 0.05) is 18.2 Å². The Balaban J connectivity index is 1.62. The molecule has 0 aliphatic heterocycles. The van der Waals surface area contributed by atoms with Gasteiger partial charge in [0.2, 0.25) is 0 Å². The Morgan fingerprint density at radius 2 is 1.71 bits per heavy atom. The van der Waals surface area contributed by atoms with Crippen molar-refractivity contribution in [1.82, 2.24) is 15.5 Å². The number of benzene rings is 1. The van der Waals surface area contributed by atoms with Gasteiger partial charge in [0.05, 0.1) is 11.9 Å². The van der Waals surface area contributed by atoms with E-state index in [1.165, 1.54) is 56.1 Å². The first-order valence-corrected chi connectivity index (χ1v) is 8.24. The lowest BCUT2D eigenvalue weighted by atomic mass is 9.96. The highest BCUT2D eigenvalue weighted by molar-refractivity contribution is 5.62. The fraction of sp³-hybridized carbons (Fsp3) is 0.500. The Bertz CT molecular complexity index is 524. The molecule has 1 heterocycles. The van der Waals surface area contributed by atoms with Gasteiger partial charge in [-0.3, -0.25) is 5.10 Å². The Morgan fingerprint density at radius 3 is 2.48 bits per heavy atom. The van der Waals surface area contributed by atoms with Gasteiger partial charge in [-0.2, -0.15) is 5.10 Å². The maximum atomic E-state index is 4.23. The third-order valence-corrected chi connectivity index (χ3v) is 4.47. The number of nitrogens with zero attached hydrogens (tertiary/aromatic N) is 1. The van der Waals surface area contributed by atoms with Gasteiger partial charge in [0.1, 0.15) is 0 Å². The topological polar surface area (TPSA) is 40.7 Å². The Labute approximate surface area is 127 Å². The minimum absolute atomic E-state index is 0.670. The fourth-order valence-corrected chi connectivity index (χ4v) is 3.21. The zero-order chi connectivity index (χ0) is 14.3. The molecule has 3 rings (SSSR count). The smallest absolute Gasteiger partial charge is 0.0695 e. The van der Waals surface area contributed by atoms with Crippen molar-refractivity contribution >= 4 is 0 Å². The van der Waals surface area contributed by atoms with Crippen LogP contribution in [-0.4, -0.2) is 16.2 Å². The van der Waals surface area contributed by atoms with Gasteiger partial charge in [0.15, 0.2) is 0 Å². The molecule has 1 aliphatic carbocycles. The Hall–Kier alpha value is -1.61. The Kier molecular flexibility index (Phi) is 5.06. The molecule has 1 aliphatic rings. The predicted octanol–water partition coefficient (Wildman–Crippen LogP) is 4.28. The second-order valence-electron chi connectivity index (χ2n) is 6.06. The molecule has 0 radical (unpaired) electrons. The largest absolute Gasteiger partial charge is 0.310 e. The summed E-state index contributed by atoms with van der Waals surface area (Å²) >= 11 is 0. The Morgan fingerprint density at radius 1 is 1.00 bits per heavy atom. The second kappa shape index (κ2) is 7.41. The van der Waals surface area contributed by atoms with E-state index < -0.39 is 0 Å².